The topological polar surface area (TPSA) is 202 Å². The third kappa shape index (κ3) is 5.05. The third-order valence-electron chi connectivity index (χ3n) is 7.97. The lowest BCUT2D eigenvalue weighted by atomic mass is 9.77. The highest BCUT2D eigenvalue weighted by Gasteiger charge is 2.54. The van der Waals surface area contributed by atoms with E-state index in [1.54, 1.807) is 42.5 Å². The van der Waals surface area contributed by atoms with Crippen LogP contribution in [-0.2, 0) is 19.4 Å². The number of esters is 1. The molecule has 6 atom stereocenters. The lowest BCUT2D eigenvalue weighted by molar-refractivity contribution is -0.219. The standard InChI is InChI=1S/C30H31O13P/c1-2-3-12-39-15-8-10-19-21(13-15)40-22-14-16(9-11-20(22)30(19)18-7-5-4-6-17(18)29(36)41-30)42-44(37,38)43-28-26(34)24(32)23(31)25(33)27(28)35/h4-11,13-14,23-28,31-35H,2-3,12H2,1H3,(H,37,38)/t23?,24-,25-,26+,27+,28?,30?/m0/s1. The molecule has 3 aliphatic rings. The molecule has 0 amide bonds. The maximum absolute atomic E-state index is 13.1. The second-order valence-electron chi connectivity index (χ2n) is 10.8. The van der Waals surface area contributed by atoms with E-state index in [4.69, 9.17) is 23.3 Å². The summed E-state index contributed by atoms with van der Waals surface area (Å²) in [5.74, 6) is 0.175. The fraction of sp³-hybridized carbons (Fsp3) is 0.367. The molecule has 1 spiro atoms. The van der Waals surface area contributed by atoms with E-state index in [9.17, 15) is 39.8 Å². The zero-order valence-electron chi connectivity index (χ0n) is 23.3. The highest BCUT2D eigenvalue weighted by atomic mass is 31.2. The molecule has 6 N–H and O–H groups in total. The number of fused-ring (bicyclic) bond motifs is 6. The Morgan fingerprint density at radius 1 is 0.818 bits per heavy atom. The Morgan fingerprint density at radius 2 is 1.41 bits per heavy atom. The molecule has 14 heteroatoms. The van der Waals surface area contributed by atoms with Crippen molar-refractivity contribution in [3.8, 4) is 23.0 Å². The molecule has 6 rings (SSSR count). The van der Waals surface area contributed by atoms with Gasteiger partial charge in [-0.1, -0.05) is 31.5 Å². The largest absolute Gasteiger partial charge is 0.527 e. The second kappa shape index (κ2) is 11.4. The predicted octanol–water partition coefficient (Wildman–Crippen LogP) is 2.12. The molecule has 2 unspecified atom stereocenters. The Morgan fingerprint density at radius 3 is 2.07 bits per heavy atom. The monoisotopic (exact) mass is 630 g/mol. The fourth-order valence-corrected chi connectivity index (χ4v) is 6.73. The van der Waals surface area contributed by atoms with Crippen molar-refractivity contribution in [2.45, 2.75) is 62.0 Å². The molecule has 44 heavy (non-hydrogen) atoms. The van der Waals surface area contributed by atoms with Crippen LogP contribution in [0.1, 0.15) is 46.8 Å². The number of carbonyl (C=O) groups excluding carboxylic acids is 1. The van der Waals surface area contributed by atoms with Crippen LogP contribution in [-0.4, -0.2) is 79.6 Å². The van der Waals surface area contributed by atoms with Gasteiger partial charge in [-0.25, -0.2) is 9.36 Å². The molecular weight excluding hydrogens is 599 g/mol. The number of aliphatic hydroxyl groups is 5. The van der Waals surface area contributed by atoms with Crippen molar-refractivity contribution in [3.05, 3.63) is 82.9 Å². The molecule has 2 aliphatic heterocycles. The lowest BCUT2D eigenvalue weighted by Gasteiger charge is -2.41. The van der Waals surface area contributed by atoms with Gasteiger partial charge in [0.1, 0.15) is 59.6 Å². The molecule has 13 nitrogen and oxygen atoms in total. The molecule has 234 valence electrons. The summed E-state index contributed by atoms with van der Waals surface area (Å²) in [6.07, 6.45) is -10.1. The Labute approximate surface area is 251 Å². The van der Waals surface area contributed by atoms with Crippen molar-refractivity contribution < 1.29 is 63.0 Å². The summed E-state index contributed by atoms with van der Waals surface area (Å²) < 4.78 is 41.3. The molecular formula is C30H31O13P. The van der Waals surface area contributed by atoms with Crippen LogP contribution in [0.2, 0.25) is 0 Å². The van der Waals surface area contributed by atoms with Gasteiger partial charge >= 0.3 is 13.8 Å². The quantitative estimate of drug-likeness (QED) is 0.120. The number of unbranched alkanes of at least 4 members (excludes halogenated alkanes) is 1. The molecule has 3 aromatic carbocycles. The van der Waals surface area contributed by atoms with Gasteiger partial charge in [0.25, 0.3) is 0 Å². The summed E-state index contributed by atoms with van der Waals surface area (Å²) in [4.78, 5) is 23.6. The number of benzene rings is 3. The van der Waals surface area contributed by atoms with E-state index in [1.165, 1.54) is 18.2 Å². The lowest BCUT2D eigenvalue weighted by Crippen LogP contribution is -2.64. The minimum Gasteiger partial charge on any atom is -0.493 e. The van der Waals surface area contributed by atoms with E-state index in [1.807, 2.05) is 6.92 Å². The minimum absolute atomic E-state index is 0.122. The van der Waals surface area contributed by atoms with Gasteiger partial charge in [-0.2, -0.15) is 0 Å². The van der Waals surface area contributed by atoms with Crippen LogP contribution in [0, 0.1) is 0 Å². The van der Waals surface area contributed by atoms with Gasteiger partial charge in [0.15, 0.2) is 5.60 Å². The van der Waals surface area contributed by atoms with E-state index in [-0.39, 0.29) is 11.5 Å². The summed E-state index contributed by atoms with van der Waals surface area (Å²) in [6.45, 7) is 2.52. The number of carbonyl (C=O) groups is 1. The molecule has 2 heterocycles. The molecule has 1 aliphatic carbocycles. The van der Waals surface area contributed by atoms with E-state index in [0.29, 0.717) is 40.4 Å². The SMILES string of the molecule is CCCCOc1ccc2c(c1)Oc1cc(OP(=O)(O)OC3[C@H](O)[C@@H](O)C(O)[C@H](O)[C@H]3O)ccc1C21OC(=O)c2ccccc21. The maximum atomic E-state index is 13.1. The first-order chi connectivity index (χ1) is 21.0. The summed E-state index contributed by atoms with van der Waals surface area (Å²) in [7, 11) is -5.14. The van der Waals surface area contributed by atoms with Crippen molar-refractivity contribution in [3.63, 3.8) is 0 Å². The van der Waals surface area contributed by atoms with Gasteiger partial charge in [0.2, 0.25) is 0 Å². The van der Waals surface area contributed by atoms with Crippen LogP contribution in [0.4, 0.5) is 0 Å². The number of phosphoric acid groups is 1. The van der Waals surface area contributed by atoms with Gasteiger partial charge in [-0.3, -0.25) is 9.42 Å². The molecule has 1 saturated carbocycles. The Balaban J connectivity index is 1.35. The molecule has 0 saturated heterocycles. The molecule has 0 radical (unpaired) electrons. The van der Waals surface area contributed by atoms with Crippen molar-refractivity contribution in [2.24, 2.45) is 0 Å². The highest BCUT2D eigenvalue weighted by molar-refractivity contribution is 7.47. The first kappa shape index (κ1) is 30.5. The summed E-state index contributed by atoms with van der Waals surface area (Å²) in [5, 5.41) is 50.1. The van der Waals surface area contributed by atoms with Crippen LogP contribution >= 0.6 is 7.82 Å². The number of hydrogen-bond acceptors (Lipinski definition) is 12. The van der Waals surface area contributed by atoms with Gasteiger partial charge in [0.05, 0.1) is 12.2 Å². The van der Waals surface area contributed by atoms with Crippen LogP contribution in [0.3, 0.4) is 0 Å². The van der Waals surface area contributed by atoms with E-state index < -0.39 is 56.0 Å². The average Bonchev–Trinajstić information content (AvgIpc) is 3.29. The molecule has 0 bridgehead atoms. The summed E-state index contributed by atoms with van der Waals surface area (Å²) in [5.41, 5.74) is 0.458. The highest BCUT2D eigenvalue weighted by Crippen LogP contribution is 2.58. The second-order valence-corrected chi connectivity index (χ2v) is 12.1. The van der Waals surface area contributed by atoms with Crippen molar-refractivity contribution in [1.29, 1.82) is 0 Å². The van der Waals surface area contributed by atoms with Crippen molar-refractivity contribution in [1.82, 2.24) is 0 Å². The minimum atomic E-state index is -5.14. The van der Waals surface area contributed by atoms with Crippen molar-refractivity contribution >= 4 is 13.8 Å². The predicted molar refractivity (Wildman–Crippen MR) is 150 cm³/mol. The van der Waals surface area contributed by atoms with Crippen molar-refractivity contribution in [2.75, 3.05) is 6.61 Å². The Bertz CT molecular complexity index is 1610. The third-order valence-corrected chi connectivity index (χ3v) is 8.92. The smallest absolute Gasteiger partial charge is 0.493 e. The number of ether oxygens (including phenoxy) is 3. The van der Waals surface area contributed by atoms with E-state index >= 15 is 0 Å². The van der Waals surface area contributed by atoms with E-state index in [0.717, 1.165) is 12.8 Å². The summed E-state index contributed by atoms with van der Waals surface area (Å²) >= 11 is 0. The molecule has 0 aromatic heterocycles. The maximum Gasteiger partial charge on any atom is 0.527 e. The fourth-order valence-electron chi connectivity index (χ4n) is 5.75. The summed E-state index contributed by atoms with van der Waals surface area (Å²) in [6, 6.07) is 16.2. The Kier molecular flexibility index (Phi) is 7.93. The normalized spacial score (nSPS) is 29.9. The number of phosphoric ester groups is 1. The van der Waals surface area contributed by atoms with Gasteiger partial charge in [0, 0.05) is 28.8 Å². The van der Waals surface area contributed by atoms with Crippen LogP contribution < -0.4 is 14.0 Å². The number of hydrogen-bond donors (Lipinski definition) is 6. The first-order valence-electron chi connectivity index (χ1n) is 14.0. The first-order valence-corrected chi connectivity index (χ1v) is 15.5. The number of rotatable bonds is 8. The zero-order valence-corrected chi connectivity index (χ0v) is 24.2. The zero-order chi connectivity index (χ0) is 31.4. The number of aliphatic hydroxyl groups excluding tert-OH is 5. The van der Waals surface area contributed by atoms with Gasteiger partial charge < -0.3 is 44.3 Å². The van der Waals surface area contributed by atoms with Crippen LogP contribution in [0.5, 0.6) is 23.0 Å². The van der Waals surface area contributed by atoms with Crippen LogP contribution in [0.25, 0.3) is 0 Å². The van der Waals surface area contributed by atoms with Gasteiger partial charge in [-0.05, 0) is 36.8 Å². The van der Waals surface area contributed by atoms with Crippen LogP contribution in [0.15, 0.2) is 60.7 Å². The average molecular weight is 631 g/mol. The molecule has 3 aromatic rings. The molecule has 1 fully saturated rings. The van der Waals surface area contributed by atoms with Gasteiger partial charge in [-0.15, -0.1) is 0 Å². The Hall–Kier alpha value is -3.52. The van der Waals surface area contributed by atoms with E-state index in [2.05, 4.69) is 0 Å².